The molecule has 0 amide bonds. The molecule has 1 aromatic carbocycles. The Labute approximate surface area is 136 Å². The van der Waals surface area contributed by atoms with E-state index in [0.717, 1.165) is 23.8 Å². The van der Waals surface area contributed by atoms with Crippen LogP contribution in [0.2, 0.25) is 0 Å². The van der Waals surface area contributed by atoms with Gasteiger partial charge in [0.25, 0.3) is 0 Å². The molecule has 4 N–H and O–H groups in total. The van der Waals surface area contributed by atoms with E-state index in [4.69, 9.17) is 5.73 Å². The van der Waals surface area contributed by atoms with E-state index >= 15 is 0 Å². The maximum atomic E-state index is 13.7. The van der Waals surface area contributed by atoms with E-state index in [1.54, 1.807) is 12.4 Å². The van der Waals surface area contributed by atoms with E-state index in [9.17, 15) is 8.78 Å². The number of rotatable bonds is 5. The summed E-state index contributed by atoms with van der Waals surface area (Å²) in [4.78, 5) is 12.0. The average Bonchev–Trinajstić information content (AvgIpc) is 2.60. The monoisotopic (exact) mass is 328 g/mol. The van der Waals surface area contributed by atoms with Gasteiger partial charge in [0.1, 0.15) is 23.6 Å². The van der Waals surface area contributed by atoms with E-state index in [2.05, 4.69) is 25.6 Å². The van der Waals surface area contributed by atoms with E-state index in [0.29, 0.717) is 12.4 Å². The van der Waals surface area contributed by atoms with Crippen LogP contribution in [0.25, 0.3) is 0 Å². The van der Waals surface area contributed by atoms with Crippen molar-refractivity contribution in [2.24, 2.45) is 0 Å². The molecule has 0 aliphatic heterocycles. The van der Waals surface area contributed by atoms with Crippen LogP contribution >= 0.6 is 0 Å². The molecule has 122 valence electrons. The summed E-state index contributed by atoms with van der Waals surface area (Å²) in [6, 6.07) is 6.81. The fraction of sp³-hybridized carbons (Fsp3) is 0.0625. The van der Waals surface area contributed by atoms with Crippen LogP contribution in [0.3, 0.4) is 0 Å². The Hall–Kier alpha value is -3.29. The Morgan fingerprint density at radius 3 is 2.71 bits per heavy atom. The van der Waals surface area contributed by atoms with Crippen molar-refractivity contribution < 1.29 is 8.78 Å². The summed E-state index contributed by atoms with van der Waals surface area (Å²) in [6.45, 7) is 0.461. The van der Waals surface area contributed by atoms with Gasteiger partial charge in [-0.15, -0.1) is 0 Å². The van der Waals surface area contributed by atoms with Crippen molar-refractivity contribution in [3.05, 3.63) is 66.3 Å². The van der Waals surface area contributed by atoms with Gasteiger partial charge in [-0.2, -0.15) is 0 Å². The molecule has 0 atom stereocenters. The molecule has 3 aromatic rings. The van der Waals surface area contributed by atoms with Crippen LogP contribution in [0.15, 0.2) is 49.1 Å². The fourth-order valence-corrected chi connectivity index (χ4v) is 2.05. The number of pyridine rings is 1. The molecule has 6 nitrogen and oxygen atoms in total. The SMILES string of the molecule is Nc1c(NCc2cccnc2)ncnc1Nc1cc(F)ccc1F. The Morgan fingerprint density at radius 1 is 1.08 bits per heavy atom. The zero-order valence-corrected chi connectivity index (χ0v) is 12.5. The lowest BCUT2D eigenvalue weighted by atomic mass is 10.2. The highest BCUT2D eigenvalue weighted by Crippen LogP contribution is 2.27. The maximum Gasteiger partial charge on any atom is 0.159 e. The lowest BCUT2D eigenvalue weighted by molar-refractivity contribution is 0.603. The second-order valence-electron chi connectivity index (χ2n) is 4.95. The number of nitrogens with zero attached hydrogens (tertiary/aromatic N) is 3. The highest BCUT2D eigenvalue weighted by atomic mass is 19.1. The molecule has 2 heterocycles. The van der Waals surface area contributed by atoms with Crippen molar-refractivity contribution in [2.45, 2.75) is 6.54 Å². The van der Waals surface area contributed by atoms with Crippen molar-refractivity contribution in [1.82, 2.24) is 15.0 Å². The van der Waals surface area contributed by atoms with E-state index in [-0.39, 0.29) is 17.2 Å². The molecule has 0 saturated carbocycles. The summed E-state index contributed by atoms with van der Waals surface area (Å²) in [6.07, 6.45) is 4.67. The van der Waals surface area contributed by atoms with Crippen molar-refractivity contribution in [2.75, 3.05) is 16.4 Å². The normalized spacial score (nSPS) is 10.4. The Balaban J connectivity index is 1.79. The van der Waals surface area contributed by atoms with Gasteiger partial charge in [-0.05, 0) is 23.8 Å². The van der Waals surface area contributed by atoms with Crippen LogP contribution in [0, 0.1) is 11.6 Å². The van der Waals surface area contributed by atoms with Gasteiger partial charge in [0.15, 0.2) is 11.6 Å². The van der Waals surface area contributed by atoms with Gasteiger partial charge < -0.3 is 16.4 Å². The first kappa shape index (κ1) is 15.6. The van der Waals surface area contributed by atoms with Crippen LogP contribution in [0.4, 0.5) is 31.8 Å². The predicted molar refractivity (Wildman–Crippen MR) is 87.6 cm³/mol. The third-order valence-electron chi connectivity index (χ3n) is 3.25. The number of hydrogen-bond acceptors (Lipinski definition) is 6. The quantitative estimate of drug-likeness (QED) is 0.667. The third-order valence-corrected chi connectivity index (χ3v) is 3.25. The Morgan fingerprint density at radius 2 is 1.92 bits per heavy atom. The maximum absolute atomic E-state index is 13.7. The second-order valence-corrected chi connectivity index (χ2v) is 4.95. The van der Waals surface area contributed by atoms with Crippen LogP contribution in [0.1, 0.15) is 5.56 Å². The summed E-state index contributed by atoms with van der Waals surface area (Å²) in [5, 5.41) is 5.73. The zero-order chi connectivity index (χ0) is 16.9. The first-order chi connectivity index (χ1) is 11.6. The Kier molecular flexibility index (Phi) is 4.46. The van der Waals surface area contributed by atoms with Crippen LogP contribution < -0.4 is 16.4 Å². The lowest BCUT2D eigenvalue weighted by Crippen LogP contribution is -2.08. The summed E-state index contributed by atoms with van der Waals surface area (Å²) in [5.41, 5.74) is 7.09. The number of nitrogens with one attached hydrogen (secondary N) is 2. The molecule has 3 rings (SSSR count). The minimum atomic E-state index is -0.612. The van der Waals surface area contributed by atoms with Gasteiger partial charge in [0.2, 0.25) is 0 Å². The number of halogens is 2. The predicted octanol–water partition coefficient (Wildman–Crippen LogP) is 3.09. The molecular formula is C16H14F2N6. The molecule has 0 aliphatic carbocycles. The van der Waals surface area contributed by atoms with E-state index in [1.807, 2.05) is 12.1 Å². The number of benzene rings is 1. The fourth-order valence-electron chi connectivity index (χ4n) is 2.05. The van der Waals surface area contributed by atoms with Gasteiger partial charge >= 0.3 is 0 Å². The third kappa shape index (κ3) is 3.54. The molecule has 0 radical (unpaired) electrons. The van der Waals surface area contributed by atoms with E-state index < -0.39 is 11.6 Å². The van der Waals surface area contributed by atoms with Crippen molar-refractivity contribution in [1.29, 1.82) is 0 Å². The number of hydrogen-bond donors (Lipinski definition) is 3. The lowest BCUT2D eigenvalue weighted by Gasteiger charge is -2.13. The topological polar surface area (TPSA) is 88.8 Å². The van der Waals surface area contributed by atoms with E-state index in [1.165, 1.54) is 6.33 Å². The van der Waals surface area contributed by atoms with Gasteiger partial charge in [-0.25, -0.2) is 18.7 Å². The highest BCUT2D eigenvalue weighted by molar-refractivity contribution is 5.77. The van der Waals surface area contributed by atoms with Crippen LogP contribution in [0.5, 0.6) is 0 Å². The molecule has 0 saturated heterocycles. The summed E-state index contributed by atoms with van der Waals surface area (Å²) in [7, 11) is 0. The molecule has 0 spiro atoms. The van der Waals surface area contributed by atoms with Gasteiger partial charge in [0.05, 0.1) is 5.69 Å². The number of aromatic nitrogens is 3. The minimum absolute atomic E-state index is 0.0568. The molecule has 0 bridgehead atoms. The van der Waals surface area contributed by atoms with Crippen LogP contribution in [-0.2, 0) is 6.54 Å². The standard InChI is InChI=1S/C16H14F2N6/c17-11-3-4-12(18)13(6-11)24-16-14(19)15(22-9-23-16)21-8-10-2-1-5-20-7-10/h1-7,9H,8,19H2,(H2,21,22,23,24). The van der Waals surface area contributed by atoms with Crippen molar-refractivity contribution in [3.8, 4) is 0 Å². The smallest absolute Gasteiger partial charge is 0.159 e. The molecule has 0 unspecified atom stereocenters. The molecular weight excluding hydrogens is 314 g/mol. The largest absolute Gasteiger partial charge is 0.393 e. The molecule has 0 fully saturated rings. The average molecular weight is 328 g/mol. The highest BCUT2D eigenvalue weighted by Gasteiger charge is 2.11. The van der Waals surface area contributed by atoms with Gasteiger partial charge in [0, 0.05) is 25.0 Å². The molecule has 2 aromatic heterocycles. The number of nitrogens with two attached hydrogens (primary N) is 1. The molecule has 24 heavy (non-hydrogen) atoms. The molecule has 0 aliphatic rings. The molecule has 8 heteroatoms. The van der Waals surface area contributed by atoms with Crippen LogP contribution in [-0.4, -0.2) is 15.0 Å². The zero-order valence-electron chi connectivity index (χ0n) is 12.5. The minimum Gasteiger partial charge on any atom is -0.393 e. The number of nitrogen functional groups attached to an aromatic ring is 1. The van der Waals surface area contributed by atoms with Crippen molar-refractivity contribution in [3.63, 3.8) is 0 Å². The van der Waals surface area contributed by atoms with Gasteiger partial charge in [-0.1, -0.05) is 6.07 Å². The van der Waals surface area contributed by atoms with Crippen molar-refractivity contribution >= 4 is 23.0 Å². The number of anilines is 4. The first-order valence-electron chi connectivity index (χ1n) is 7.09. The first-order valence-corrected chi connectivity index (χ1v) is 7.09. The summed E-state index contributed by atoms with van der Waals surface area (Å²) in [5.74, 6) is -0.614. The summed E-state index contributed by atoms with van der Waals surface area (Å²) >= 11 is 0. The van der Waals surface area contributed by atoms with Gasteiger partial charge in [-0.3, -0.25) is 4.98 Å². The second kappa shape index (κ2) is 6.86. The summed E-state index contributed by atoms with van der Waals surface area (Å²) < 4.78 is 27.0. The Bertz CT molecular complexity index is 841.